The monoisotopic (exact) mass is 993 g/mol. The molecule has 18 heteroatoms. The van der Waals surface area contributed by atoms with Crippen molar-refractivity contribution in [3.8, 4) is 28.1 Å². The molecule has 8 rings (SSSR count). The maximum absolute atomic E-state index is 14.9. The molecule has 0 aliphatic carbocycles. The number of ether oxygens (including phenoxy) is 2. The van der Waals surface area contributed by atoms with E-state index in [1.54, 1.807) is 46.2 Å². The van der Waals surface area contributed by atoms with Crippen LogP contribution in [0.1, 0.15) is 83.9 Å². The van der Waals surface area contributed by atoms with Crippen molar-refractivity contribution in [2.45, 2.75) is 123 Å². The number of hydrazine groups is 1. The zero-order chi connectivity index (χ0) is 51.9. The molecule has 18 nitrogen and oxygen atoms in total. The van der Waals surface area contributed by atoms with E-state index >= 15 is 0 Å². The van der Waals surface area contributed by atoms with Crippen LogP contribution in [0.15, 0.2) is 54.9 Å². The topological polar surface area (TPSA) is 219 Å². The van der Waals surface area contributed by atoms with Gasteiger partial charge < -0.3 is 44.5 Å². The molecule has 4 aromatic rings. The molecule has 0 spiro atoms. The van der Waals surface area contributed by atoms with Crippen LogP contribution in [0.25, 0.3) is 33.3 Å². The summed E-state index contributed by atoms with van der Waals surface area (Å²) >= 11 is 0. The molecule has 4 aliphatic rings. The van der Waals surface area contributed by atoms with Crippen LogP contribution in [-0.2, 0) is 59.4 Å². The molecule has 0 saturated carbocycles. The summed E-state index contributed by atoms with van der Waals surface area (Å²) in [5.41, 5.74) is 6.26. The minimum Gasteiger partial charge on any atom is -0.508 e. The number of nitrogens with zero attached hydrogens (tertiary/aromatic N) is 6. The fourth-order valence-electron chi connectivity index (χ4n) is 11.2. The molecular formula is C54H72N8O10. The lowest BCUT2D eigenvalue weighted by atomic mass is 9.84. The number of phenolic OH excluding ortho intramolecular Hbond substituents is 1. The van der Waals surface area contributed by atoms with Crippen molar-refractivity contribution in [3.05, 3.63) is 71.5 Å². The van der Waals surface area contributed by atoms with E-state index < -0.39 is 64.4 Å². The molecular weight excluding hydrogens is 921 g/mol. The first-order valence-corrected chi connectivity index (χ1v) is 25.3. The number of aryl methyl sites for hydroxylation is 1. The Morgan fingerprint density at radius 2 is 1.82 bits per heavy atom. The summed E-state index contributed by atoms with van der Waals surface area (Å²) in [6.07, 6.45) is 4.92. The molecule has 4 aliphatic heterocycles. The second-order valence-corrected chi connectivity index (χ2v) is 21.8. The van der Waals surface area contributed by atoms with Crippen molar-refractivity contribution in [3.63, 3.8) is 0 Å². The molecule has 388 valence electrons. The normalized spacial score (nSPS) is 24.3. The summed E-state index contributed by atoms with van der Waals surface area (Å²) in [7, 11) is 3.10. The van der Waals surface area contributed by atoms with E-state index in [0.717, 1.165) is 38.9 Å². The SMILES string of the molecule is CCn1c(-c2cnccc2COC)c2c3cc(ccc31)-c1cc(O)cc(c1)C[C@H](NC(=O)[C@H](C(C)C)N(C)C(=O)C1(O)CCN(C(=O)CN3CC[C@H](O)C3)C1)C(=O)N1CCC[C@@](C)(N1)C(=O)OCC(C)(C)C2. The van der Waals surface area contributed by atoms with Crippen molar-refractivity contribution in [1.29, 1.82) is 0 Å². The Balaban J connectivity index is 1.15. The van der Waals surface area contributed by atoms with Gasteiger partial charge in [-0.05, 0) is 104 Å². The second kappa shape index (κ2) is 20.9. The molecule has 1 unspecified atom stereocenters. The number of likely N-dealkylation sites (tertiary alicyclic amines) is 2. The Hall–Kier alpha value is -5.92. The van der Waals surface area contributed by atoms with Gasteiger partial charge in [0.1, 0.15) is 23.4 Å². The number of nitrogens with one attached hydrogen (secondary N) is 2. The first-order valence-electron chi connectivity index (χ1n) is 25.3. The number of methoxy groups -OCH3 is 1. The number of hydrogen-bond acceptors (Lipinski definition) is 13. The number of esters is 1. The van der Waals surface area contributed by atoms with Crippen molar-refractivity contribution in [2.24, 2.45) is 11.3 Å². The lowest BCUT2D eigenvalue weighted by Crippen LogP contribution is -2.66. The van der Waals surface area contributed by atoms with Gasteiger partial charge in [0.2, 0.25) is 11.8 Å². The summed E-state index contributed by atoms with van der Waals surface area (Å²) in [6.45, 7) is 13.7. The van der Waals surface area contributed by atoms with Crippen LogP contribution in [0.4, 0.5) is 0 Å². The summed E-state index contributed by atoms with van der Waals surface area (Å²) in [5.74, 6) is -3.25. The van der Waals surface area contributed by atoms with Gasteiger partial charge in [0.15, 0.2) is 5.60 Å². The largest absolute Gasteiger partial charge is 0.508 e. The molecule has 3 saturated heterocycles. The number of benzene rings is 2. The van der Waals surface area contributed by atoms with Crippen LogP contribution in [0.5, 0.6) is 5.75 Å². The third-order valence-corrected chi connectivity index (χ3v) is 15.0. The molecule has 6 bridgehead atoms. The Morgan fingerprint density at radius 3 is 2.53 bits per heavy atom. The maximum atomic E-state index is 14.9. The zero-order valence-corrected chi connectivity index (χ0v) is 43.0. The average Bonchev–Trinajstić information content (AvgIpc) is 4.04. The number of amides is 4. The maximum Gasteiger partial charge on any atom is 0.327 e. The number of aromatic nitrogens is 2. The molecule has 6 heterocycles. The fraction of sp³-hybridized carbons (Fsp3) is 0.556. The van der Waals surface area contributed by atoms with Crippen LogP contribution in [-0.4, -0.2) is 164 Å². The van der Waals surface area contributed by atoms with Crippen molar-refractivity contribution in [2.75, 3.05) is 60.0 Å². The number of rotatable bonds is 11. The third-order valence-electron chi connectivity index (χ3n) is 15.0. The predicted molar refractivity (Wildman–Crippen MR) is 270 cm³/mol. The number of aromatic hydroxyl groups is 1. The van der Waals surface area contributed by atoms with E-state index in [1.807, 2.05) is 29.3 Å². The number of hydrogen-bond donors (Lipinski definition) is 5. The molecule has 72 heavy (non-hydrogen) atoms. The average molecular weight is 993 g/mol. The number of likely N-dealkylation sites (N-methyl/N-ethyl adjacent to an activating group) is 1. The van der Waals surface area contributed by atoms with Gasteiger partial charge in [0, 0.05) is 94.0 Å². The van der Waals surface area contributed by atoms with E-state index in [1.165, 1.54) is 21.9 Å². The summed E-state index contributed by atoms with van der Waals surface area (Å²) < 4.78 is 14.1. The molecule has 3 fully saturated rings. The van der Waals surface area contributed by atoms with Crippen LogP contribution in [0, 0.1) is 11.3 Å². The van der Waals surface area contributed by atoms with Gasteiger partial charge >= 0.3 is 5.97 Å². The highest BCUT2D eigenvalue weighted by Crippen LogP contribution is 2.42. The molecule has 5 N–H and O–H groups in total. The van der Waals surface area contributed by atoms with Crippen LogP contribution in [0.2, 0.25) is 0 Å². The van der Waals surface area contributed by atoms with Gasteiger partial charge in [0.25, 0.3) is 11.8 Å². The van der Waals surface area contributed by atoms with Gasteiger partial charge in [-0.25, -0.2) is 10.2 Å². The molecule has 4 amide bonds. The molecule has 5 atom stereocenters. The van der Waals surface area contributed by atoms with E-state index in [2.05, 4.69) is 53.2 Å². The highest BCUT2D eigenvalue weighted by molar-refractivity contribution is 5.97. The van der Waals surface area contributed by atoms with E-state index in [-0.39, 0.29) is 57.3 Å². The number of carbonyl (C=O) groups excluding carboxylic acids is 5. The predicted octanol–water partition coefficient (Wildman–Crippen LogP) is 3.79. The van der Waals surface area contributed by atoms with E-state index in [9.17, 15) is 39.3 Å². The van der Waals surface area contributed by atoms with Crippen molar-refractivity contribution >= 4 is 40.5 Å². The Kier molecular flexibility index (Phi) is 15.2. The second-order valence-electron chi connectivity index (χ2n) is 21.8. The lowest BCUT2D eigenvalue weighted by Gasteiger charge is -2.41. The Morgan fingerprint density at radius 1 is 1.04 bits per heavy atom. The van der Waals surface area contributed by atoms with Crippen molar-refractivity contribution < 1.29 is 48.8 Å². The number of β-amino-alcohol motifs (C(OH)–C–C–N with tert-alkyl or cyclic N) is 2. The minimum absolute atomic E-state index is 0.0308. The number of fused-ring (bicyclic) bond motifs is 6. The molecule has 0 radical (unpaired) electrons. The smallest absolute Gasteiger partial charge is 0.327 e. The number of carbonyl (C=O) groups is 5. The van der Waals surface area contributed by atoms with Gasteiger partial charge in [-0.2, -0.15) is 0 Å². The fourth-order valence-corrected chi connectivity index (χ4v) is 11.2. The first kappa shape index (κ1) is 52.4. The highest BCUT2D eigenvalue weighted by atomic mass is 16.5. The van der Waals surface area contributed by atoms with E-state index in [0.29, 0.717) is 63.1 Å². The quantitative estimate of drug-likeness (QED) is 0.135. The standard InChI is InChI=1S/C54H72N8O10/c1-9-61-44-12-11-35-25-40(44)41(47(61)42-27-55-17-13-36(42)30-71-8)26-52(4,5)32-72-51(69)53(6)15-10-18-62(57-53)49(67)43(23-34-21-37(35)24-39(64)22-34)56-48(66)46(33(2)3)58(7)50(68)54(70)16-20-60(31-54)45(65)29-59-19-14-38(63)28-59/h11-13,17,21-22,24-25,27,33,38,43,46,57,63-64,70H,9-10,14-16,18-20,23,26,28-32H2,1-8H3,(H,56,66)/t38-,43-,46-,53+,54?/m0/s1. The van der Waals surface area contributed by atoms with E-state index in [4.69, 9.17) is 9.47 Å². The van der Waals surface area contributed by atoms with Crippen LogP contribution < -0.4 is 10.7 Å². The summed E-state index contributed by atoms with van der Waals surface area (Å²) in [5, 5.41) is 38.4. The van der Waals surface area contributed by atoms with Gasteiger partial charge in [0.05, 0.1) is 38.1 Å². The first-order chi connectivity index (χ1) is 34.1. The number of phenols is 1. The number of aliphatic hydroxyl groups is 2. The Bertz CT molecular complexity index is 2720. The zero-order valence-electron chi connectivity index (χ0n) is 43.0. The highest BCUT2D eigenvalue weighted by Gasteiger charge is 2.49. The van der Waals surface area contributed by atoms with Crippen LogP contribution >= 0.6 is 0 Å². The van der Waals surface area contributed by atoms with Gasteiger partial charge in [-0.1, -0.05) is 39.8 Å². The minimum atomic E-state index is -1.96. The molecule has 2 aromatic heterocycles. The van der Waals surface area contributed by atoms with Crippen molar-refractivity contribution in [1.82, 2.24) is 40.0 Å². The molecule has 2 aromatic carbocycles. The number of cyclic esters (lactones) is 1. The summed E-state index contributed by atoms with van der Waals surface area (Å²) in [4.78, 5) is 80.5. The summed E-state index contributed by atoms with van der Waals surface area (Å²) in [6, 6.07) is 10.8. The number of aliphatic hydroxyl groups excluding tert-OH is 1. The van der Waals surface area contributed by atoms with Crippen LogP contribution in [0.3, 0.4) is 0 Å². The lowest BCUT2D eigenvalue weighted by molar-refractivity contribution is -0.162. The Labute approximate surface area is 421 Å². The third kappa shape index (κ3) is 10.7. The van der Waals surface area contributed by atoms with Gasteiger partial charge in [-0.15, -0.1) is 0 Å². The number of pyridine rings is 1. The van der Waals surface area contributed by atoms with Gasteiger partial charge in [-0.3, -0.25) is 34.1 Å².